The highest BCUT2D eigenvalue weighted by molar-refractivity contribution is 9.10. The lowest BCUT2D eigenvalue weighted by molar-refractivity contribution is -0.385. The van der Waals surface area contributed by atoms with Crippen LogP contribution < -0.4 is 20.3 Å². The lowest BCUT2D eigenvalue weighted by Crippen LogP contribution is -2.21. The smallest absolute Gasteiger partial charge is 0.315 e. The average Bonchev–Trinajstić information content (AvgIpc) is 2.89. The Balaban J connectivity index is 1.63. The molecule has 1 heterocycles. The van der Waals surface area contributed by atoms with Gasteiger partial charge in [0.15, 0.2) is 12.4 Å². The van der Waals surface area contributed by atoms with E-state index in [4.69, 9.17) is 9.47 Å². The number of carbonyl (C=O) groups is 1. The topological polar surface area (TPSA) is 138 Å². The van der Waals surface area contributed by atoms with Gasteiger partial charge in [0, 0.05) is 16.1 Å². The number of nitro benzene ring substituents is 1. The van der Waals surface area contributed by atoms with E-state index in [2.05, 4.69) is 31.3 Å². The van der Waals surface area contributed by atoms with Crippen LogP contribution in [0.1, 0.15) is 11.4 Å². The Labute approximate surface area is 222 Å². The number of methoxy groups -OCH3 is 1. The largest absolute Gasteiger partial charge is 0.493 e. The molecule has 11 nitrogen and oxygen atoms in total. The van der Waals surface area contributed by atoms with Crippen molar-refractivity contribution in [3.8, 4) is 11.5 Å². The molecular weight excluding hydrogens is 565 g/mol. The Morgan fingerprint density at radius 2 is 2.03 bits per heavy atom. The highest BCUT2D eigenvalue weighted by Crippen LogP contribution is 2.38. The first-order valence-corrected chi connectivity index (χ1v) is 11.7. The van der Waals surface area contributed by atoms with Gasteiger partial charge in [0.25, 0.3) is 11.5 Å². The second-order valence-electron chi connectivity index (χ2n) is 7.83. The average molecular weight is 584 g/mol. The van der Waals surface area contributed by atoms with Crippen molar-refractivity contribution in [3.05, 3.63) is 96.7 Å². The summed E-state index contributed by atoms with van der Waals surface area (Å²) in [6, 6.07) is 13.2. The molecule has 0 aliphatic rings. The normalized spacial score (nSPS) is 11.1. The summed E-state index contributed by atoms with van der Waals surface area (Å²) in [6.45, 7) is 0.957. The Morgan fingerprint density at radius 1 is 1.26 bits per heavy atom. The van der Waals surface area contributed by atoms with Crippen LogP contribution in [0.15, 0.2) is 69.0 Å². The van der Waals surface area contributed by atoms with Crippen molar-refractivity contribution in [2.45, 2.75) is 6.92 Å². The zero-order valence-electron chi connectivity index (χ0n) is 20.0. The van der Waals surface area contributed by atoms with Gasteiger partial charge >= 0.3 is 5.69 Å². The van der Waals surface area contributed by atoms with Crippen LogP contribution in [0.2, 0.25) is 0 Å². The van der Waals surface area contributed by atoms with Crippen molar-refractivity contribution in [2.75, 3.05) is 19.0 Å². The molecule has 4 aromatic rings. The maximum Gasteiger partial charge on any atom is 0.315 e. The molecule has 0 atom stereocenters. The van der Waals surface area contributed by atoms with Gasteiger partial charge in [0.1, 0.15) is 11.6 Å². The molecule has 0 radical (unpaired) electrons. The standard InChI is InChI=1S/C25H19BrFN5O6/c1-14-29-19-8-7-16(26)11-17(19)25(34)31(14)28-12-15-9-21(32(35)36)24(22(10-15)37-2)38-13-23(33)30-20-6-4-3-5-18(20)27/h3-12H,13H2,1-2H3,(H,30,33). The van der Waals surface area contributed by atoms with E-state index in [-0.39, 0.29) is 22.7 Å². The van der Waals surface area contributed by atoms with Crippen LogP contribution in [-0.2, 0) is 4.79 Å². The SMILES string of the molecule is COc1cc(C=Nn2c(C)nc3ccc(Br)cc3c2=O)cc([N+](=O)[O-])c1OCC(=O)Nc1ccccc1F. The number of rotatable bonds is 8. The lowest BCUT2D eigenvalue weighted by atomic mass is 10.2. The van der Waals surface area contributed by atoms with Crippen LogP contribution in [0.3, 0.4) is 0 Å². The lowest BCUT2D eigenvalue weighted by Gasteiger charge is -2.12. The molecule has 0 saturated heterocycles. The fourth-order valence-electron chi connectivity index (χ4n) is 3.52. The number of fused-ring (bicyclic) bond motifs is 1. The Hall–Kier alpha value is -4.65. The van der Waals surface area contributed by atoms with Crippen molar-refractivity contribution in [2.24, 2.45) is 5.10 Å². The number of aromatic nitrogens is 2. The maximum absolute atomic E-state index is 13.8. The first-order valence-electron chi connectivity index (χ1n) is 10.9. The van der Waals surface area contributed by atoms with Crippen LogP contribution in [0, 0.1) is 22.9 Å². The summed E-state index contributed by atoms with van der Waals surface area (Å²) in [5.74, 6) is -1.42. The fraction of sp³-hybridized carbons (Fsp3) is 0.120. The molecule has 13 heteroatoms. The second-order valence-corrected chi connectivity index (χ2v) is 8.74. The molecule has 0 unspecified atom stereocenters. The van der Waals surface area contributed by atoms with Gasteiger partial charge in [-0.3, -0.25) is 19.7 Å². The van der Waals surface area contributed by atoms with E-state index in [1.54, 1.807) is 25.1 Å². The van der Waals surface area contributed by atoms with Crippen molar-refractivity contribution >= 4 is 50.3 Å². The Bertz CT molecular complexity index is 1660. The van der Waals surface area contributed by atoms with E-state index >= 15 is 0 Å². The van der Waals surface area contributed by atoms with Gasteiger partial charge in [-0.2, -0.15) is 9.78 Å². The van der Waals surface area contributed by atoms with Crippen LogP contribution in [-0.4, -0.2) is 40.4 Å². The molecule has 3 aromatic carbocycles. The highest BCUT2D eigenvalue weighted by Gasteiger charge is 2.23. The third-order valence-electron chi connectivity index (χ3n) is 5.26. The quantitative estimate of drug-likeness (QED) is 0.184. The number of anilines is 1. The zero-order chi connectivity index (χ0) is 27.4. The zero-order valence-corrected chi connectivity index (χ0v) is 21.6. The Kier molecular flexibility index (Phi) is 7.76. The molecule has 1 aromatic heterocycles. The monoisotopic (exact) mass is 583 g/mol. The van der Waals surface area contributed by atoms with Crippen LogP contribution >= 0.6 is 15.9 Å². The first kappa shape index (κ1) is 26.4. The van der Waals surface area contributed by atoms with Gasteiger partial charge in [0.2, 0.25) is 5.75 Å². The molecule has 0 fully saturated rings. The molecule has 38 heavy (non-hydrogen) atoms. The Morgan fingerprint density at radius 3 is 2.74 bits per heavy atom. The second kappa shape index (κ2) is 11.2. The summed E-state index contributed by atoms with van der Waals surface area (Å²) >= 11 is 3.32. The molecular formula is C25H19BrFN5O6. The summed E-state index contributed by atoms with van der Waals surface area (Å²) in [4.78, 5) is 40.6. The van der Waals surface area contributed by atoms with E-state index in [1.165, 1.54) is 43.7 Å². The van der Waals surface area contributed by atoms with E-state index < -0.39 is 34.5 Å². The van der Waals surface area contributed by atoms with E-state index in [9.17, 15) is 24.1 Å². The van der Waals surface area contributed by atoms with Gasteiger partial charge in [0.05, 0.1) is 34.8 Å². The molecule has 0 bridgehead atoms. The number of nitrogens with one attached hydrogen (secondary N) is 1. The van der Waals surface area contributed by atoms with E-state index in [1.807, 2.05) is 0 Å². The summed E-state index contributed by atoms with van der Waals surface area (Å²) in [7, 11) is 1.27. The summed E-state index contributed by atoms with van der Waals surface area (Å²) < 4.78 is 26.2. The summed E-state index contributed by atoms with van der Waals surface area (Å²) in [5, 5.41) is 18.6. The van der Waals surface area contributed by atoms with Crippen LogP contribution in [0.5, 0.6) is 11.5 Å². The third kappa shape index (κ3) is 5.67. The fourth-order valence-corrected chi connectivity index (χ4v) is 3.88. The van der Waals surface area contributed by atoms with E-state index in [0.29, 0.717) is 21.2 Å². The molecule has 0 saturated carbocycles. The van der Waals surface area contributed by atoms with Gasteiger partial charge in [-0.1, -0.05) is 28.1 Å². The van der Waals surface area contributed by atoms with Crippen molar-refractivity contribution < 1.29 is 23.6 Å². The summed E-state index contributed by atoms with van der Waals surface area (Å²) in [5.41, 5.74) is -0.269. The minimum absolute atomic E-state index is 0.0519. The first-order chi connectivity index (χ1) is 18.2. The predicted molar refractivity (Wildman–Crippen MR) is 142 cm³/mol. The number of amides is 1. The number of nitro groups is 1. The number of hydrogen-bond acceptors (Lipinski definition) is 8. The molecule has 0 aliphatic carbocycles. The minimum atomic E-state index is -0.734. The van der Waals surface area contributed by atoms with E-state index in [0.717, 1.165) is 10.7 Å². The summed E-state index contributed by atoms with van der Waals surface area (Å²) in [6.07, 6.45) is 1.24. The number of benzene rings is 3. The number of halogens is 2. The van der Waals surface area contributed by atoms with Crippen molar-refractivity contribution in [1.29, 1.82) is 0 Å². The molecule has 194 valence electrons. The molecule has 1 N–H and O–H groups in total. The molecule has 4 rings (SSSR count). The van der Waals surface area contributed by atoms with Crippen LogP contribution in [0.4, 0.5) is 15.8 Å². The number of ether oxygens (including phenoxy) is 2. The number of carbonyl (C=O) groups excluding carboxylic acids is 1. The van der Waals surface area contributed by atoms with Gasteiger partial charge in [-0.15, -0.1) is 0 Å². The van der Waals surface area contributed by atoms with Gasteiger partial charge < -0.3 is 14.8 Å². The molecule has 0 aliphatic heterocycles. The minimum Gasteiger partial charge on any atom is -0.493 e. The highest BCUT2D eigenvalue weighted by atomic mass is 79.9. The predicted octanol–water partition coefficient (Wildman–Crippen LogP) is 4.42. The van der Waals surface area contributed by atoms with Gasteiger partial charge in [-0.05, 0) is 43.3 Å². The van der Waals surface area contributed by atoms with Crippen LogP contribution in [0.25, 0.3) is 10.9 Å². The number of hydrogen-bond donors (Lipinski definition) is 1. The number of aryl methyl sites for hydroxylation is 1. The molecule has 1 amide bonds. The number of nitrogens with zero attached hydrogens (tertiary/aromatic N) is 4. The maximum atomic E-state index is 13.8. The molecule has 0 spiro atoms. The van der Waals surface area contributed by atoms with Gasteiger partial charge in [-0.25, -0.2) is 9.37 Å². The number of para-hydroxylation sites is 1. The third-order valence-corrected chi connectivity index (χ3v) is 5.76. The van der Waals surface area contributed by atoms with Crippen molar-refractivity contribution in [3.63, 3.8) is 0 Å². The van der Waals surface area contributed by atoms with Crippen molar-refractivity contribution in [1.82, 2.24) is 9.66 Å².